The molecule has 2 heterocycles. The standard InChI is InChI=1S/C16H21N3O4S/c1-12-2-4-13(5-3-12)24(22,23)19-10-8-18(9-11-19)16(21)14-6-7-15(20)17-14/h2-5,14H,6-11H2,1H3,(H,17,20). The second kappa shape index (κ2) is 6.52. The normalized spacial score (nSPS) is 22.5. The molecule has 130 valence electrons. The number of piperazine rings is 1. The molecule has 1 aromatic rings. The number of nitrogens with zero attached hydrogens (tertiary/aromatic N) is 2. The van der Waals surface area contributed by atoms with Crippen molar-refractivity contribution in [3.63, 3.8) is 0 Å². The van der Waals surface area contributed by atoms with Crippen LogP contribution in [-0.4, -0.2) is 61.7 Å². The Balaban J connectivity index is 1.63. The fraction of sp³-hybridized carbons (Fsp3) is 0.500. The van der Waals surface area contributed by atoms with Gasteiger partial charge in [0.2, 0.25) is 21.8 Å². The van der Waals surface area contributed by atoms with Crippen molar-refractivity contribution in [3.8, 4) is 0 Å². The molecule has 0 aliphatic carbocycles. The van der Waals surface area contributed by atoms with Gasteiger partial charge in [-0.1, -0.05) is 17.7 Å². The summed E-state index contributed by atoms with van der Waals surface area (Å²) in [6.07, 6.45) is 0.887. The summed E-state index contributed by atoms with van der Waals surface area (Å²) in [7, 11) is -3.53. The van der Waals surface area contributed by atoms with Crippen molar-refractivity contribution in [2.45, 2.75) is 30.7 Å². The van der Waals surface area contributed by atoms with E-state index in [1.54, 1.807) is 29.2 Å². The summed E-state index contributed by atoms with van der Waals surface area (Å²) in [5.41, 5.74) is 1.00. The summed E-state index contributed by atoms with van der Waals surface area (Å²) in [5, 5.41) is 2.66. The van der Waals surface area contributed by atoms with Gasteiger partial charge in [0.1, 0.15) is 6.04 Å². The smallest absolute Gasteiger partial charge is 0.245 e. The highest BCUT2D eigenvalue weighted by molar-refractivity contribution is 7.89. The minimum absolute atomic E-state index is 0.103. The monoisotopic (exact) mass is 351 g/mol. The van der Waals surface area contributed by atoms with E-state index in [9.17, 15) is 18.0 Å². The maximum absolute atomic E-state index is 12.6. The Morgan fingerprint density at radius 1 is 1.12 bits per heavy atom. The molecule has 2 amide bonds. The van der Waals surface area contributed by atoms with Crippen LogP contribution in [0.4, 0.5) is 0 Å². The summed E-state index contributed by atoms with van der Waals surface area (Å²) in [5.74, 6) is -0.220. The lowest BCUT2D eigenvalue weighted by molar-refractivity contribution is -0.135. The van der Waals surface area contributed by atoms with Crippen LogP contribution in [0.5, 0.6) is 0 Å². The third kappa shape index (κ3) is 3.29. The van der Waals surface area contributed by atoms with Gasteiger partial charge >= 0.3 is 0 Å². The molecule has 2 saturated heterocycles. The molecule has 1 atom stereocenters. The van der Waals surface area contributed by atoms with Crippen molar-refractivity contribution in [2.75, 3.05) is 26.2 Å². The van der Waals surface area contributed by atoms with Crippen LogP contribution in [0.2, 0.25) is 0 Å². The van der Waals surface area contributed by atoms with Crippen molar-refractivity contribution in [2.24, 2.45) is 0 Å². The second-order valence-corrected chi connectivity index (χ2v) is 8.14. The second-order valence-electron chi connectivity index (χ2n) is 6.20. The Hall–Kier alpha value is -1.93. The third-order valence-electron chi connectivity index (χ3n) is 4.50. The molecular formula is C16H21N3O4S. The maximum atomic E-state index is 12.6. The molecule has 0 saturated carbocycles. The average Bonchev–Trinajstić information content (AvgIpc) is 3.01. The maximum Gasteiger partial charge on any atom is 0.245 e. The number of rotatable bonds is 3. The lowest BCUT2D eigenvalue weighted by atomic mass is 10.2. The van der Waals surface area contributed by atoms with Gasteiger partial charge in [-0.25, -0.2) is 8.42 Å². The molecule has 3 rings (SSSR count). The molecule has 0 spiro atoms. The largest absolute Gasteiger partial charge is 0.344 e. The van der Waals surface area contributed by atoms with Gasteiger partial charge in [-0.2, -0.15) is 4.31 Å². The topological polar surface area (TPSA) is 86.8 Å². The van der Waals surface area contributed by atoms with Gasteiger partial charge in [-0.05, 0) is 25.5 Å². The Morgan fingerprint density at radius 2 is 1.75 bits per heavy atom. The lowest BCUT2D eigenvalue weighted by Crippen LogP contribution is -2.54. The van der Waals surface area contributed by atoms with Gasteiger partial charge in [-0.3, -0.25) is 9.59 Å². The number of amides is 2. The van der Waals surface area contributed by atoms with Crippen LogP contribution < -0.4 is 5.32 Å². The summed E-state index contributed by atoms with van der Waals surface area (Å²) < 4.78 is 26.7. The molecule has 24 heavy (non-hydrogen) atoms. The Kier molecular flexibility index (Phi) is 4.60. The molecule has 0 radical (unpaired) electrons. The summed E-state index contributed by atoms with van der Waals surface area (Å²) >= 11 is 0. The zero-order chi connectivity index (χ0) is 17.3. The van der Waals surface area contributed by atoms with E-state index in [2.05, 4.69) is 5.32 Å². The highest BCUT2D eigenvalue weighted by Gasteiger charge is 2.34. The molecule has 0 aromatic heterocycles. The molecular weight excluding hydrogens is 330 g/mol. The van der Waals surface area contributed by atoms with E-state index in [0.29, 0.717) is 25.9 Å². The quantitative estimate of drug-likeness (QED) is 0.837. The van der Waals surface area contributed by atoms with E-state index in [1.165, 1.54) is 4.31 Å². The molecule has 7 nitrogen and oxygen atoms in total. The van der Waals surface area contributed by atoms with Crippen molar-refractivity contribution in [3.05, 3.63) is 29.8 Å². The van der Waals surface area contributed by atoms with Crippen LogP contribution in [0.3, 0.4) is 0 Å². The van der Waals surface area contributed by atoms with Crippen molar-refractivity contribution in [1.29, 1.82) is 0 Å². The number of benzene rings is 1. The van der Waals surface area contributed by atoms with Crippen molar-refractivity contribution < 1.29 is 18.0 Å². The van der Waals surface area contributed by atoms with Crippen LogP contribution in [0, 0.1) is 6.92 Å². The first-order valence-corrected chi connectivity index (χ1v) is 9.47. The van der Waals surface area contributed by atoms with Crippen LogP contribution >= 0.6 is 0 Å². The minimum Gasteiger partial charge on any atom is -0.344 e. The fourth-order valence-electron chi connectivity index (χ4n) is 3.03. The van der Waals surface area contributed by atoms with Crippen molar-refractivity contribution in [1.82, 2.24) is 14.5 Å². The first kappa shape index (κ1) is 16.9. The summed E-state index contributed by atoms with van der Waals surface area (Å²) in [6.45, 7) is 3.13. The van der Waals surface area contributed by atoms with E-state index in [4.69, 9.17) is 0 Å². The van der Waals surface area contributed by atoms with Gasteiger partial charge in [-0.15, -0.1) is 0 Å². The van der Waals surface area contributed by atoms with Crippen LogP contribution in [-0.2, 0) is 19.6 Å². The Labute approximate surface area is 141 Å². The van der Waals surface area contributed by atoms with Gasteiger partial charge < -0.3 is 10.2 Å². The van der Waals surface area contributed by atoms with Gasteiger partial charge in [0, 0.05) is 32.6 Å². The van der Waals surface area contributed by atoms with Crippen LogP contribution in [0.25, 0.3) is 0 Å². The lowest BCUT2D eigenvalue weighted by Gasteiger charge is -2.35. The number of carbonyl (C=O) groups excluding carboxylic acids is 2. The minimum atomic E-state index is -3.53. The molecule has 0 bridgehead atoms. The highest BCUT2D eigenvalue weighted by Crippen LogP contribution is 2.19. The highest BCUT2D eigenvalue weighted by atomic mass is 32.2. The first-order chi connectivity index (χ1) is 11.4. The SMILES string of the molecule is Cc1ccc(S(=O)(=O)N2CCN(C(=O)C3CCC(=O)N3)CC2)cc1. The van der Waals surface area contributed by atoms with Gasteiger partial charge in [0.15, 0.2) is 0 Å². The molecule has 1 unspecified atom stereocenters. The van der Waals surface area contributed by atoms with E-state index in [1.807, 2.05) is 6.92 Å². The molecule has 2 fully saturated rings. The van der Waals surface area contributed by atoms with Gasteiger partial charge in [0.05, 0.1) is 4.90 Å². The van der Waals surface area contributed by atoms with Gasteiger partial charge in [0.25, 0.3) is 0 Å². The number of hydrogen-bond acceptors (Lipinski definition) is 4. The number of aryl methyl sites for hydroxylation is 1. The molecule has 1 N–H and O–H groups in total. The third-order valence-corrected chi connectivity index (χ3v) is 6.42. The number of hydrogen-bond donors (Lipinski definition) is 1. The molecule has 2 aliphatic rings. The van der Waals surface area contributed by atoms with E-state index < -0.39 is 16.1 Å². The van der Waals surface area contributed by atoms with E-state index in [-0.39, 0.29) is 29.8 Å². The molecule has 8 heteroatoms. The molecule has 2 aliphatic heterocycles. The van der Waals surface area contributed by atoms with E-state index >= 15 is 0 Å². The number of sulfonamides is 1. The summed E-state index contributed by atoms with van der Waals surface area (Å²) in [4.78, 5) is 25.5. The number of nitrogens with one attached hydrogen (secondary N) is 1. The number of carbonyl (C=O) groups is 2. The molecule has 1 aromatic carbocycles. The first-order valence-electron chi connectivity index (χ1n) is 8.03. The zero-order valence-corrected chi connectivity index (χ0v) is 14.4. The van der Waals surface area contributed by atoms with Crippen molar-refractivity contribution >= 4 is 21.8 Å². The Bertz CT molecular complexity index is 737. The summed E-state index contributed by atoms with van der Waals surface area (Å²) in [6, 6.07) is 6.30. The zero-order valence-electron chi connectivity index (χ0n) is 13.6. The van der Waals surface area contributed by atoms with Crippen LogP contribution in [0.1, 0.15) is 18.4 Å². The predicted octanol–water partition coefficient (Wildman–Crippen LogP) is 0.107. The predicted molar refractivity (Wildman–Crippen MR) is 87.7 cm³/mol. The Morgan fingerprint density at radius 3 is 2.29 bits per heavy atom. The average molecular weight is 351 g/mol. The van der Waals surface area contributed by atoms with E-state index in [0.717, 1.165) is 5.56 Å². The van der Waals surface area contributed by atoms with Crippen LogP contribution in [0.15, 0.2) is 29.2 Å². The fourth-order valence-corrected chi connectivity index (χ4v) is 4.45.